The number of ketones is 1. The maximum atomic E-state index is 10.3. The summed E-state index contributed by atoms with van der Waals surface area (Å²) in [6.45, 7) is 1.46. The Kier molecular flexibility index (Phi) is 3.35. The molecule has 0 saturated heterocycles. The zero-order valence-corrected chi connectivity index (χ0v) is 5.35. The Labute approximate surface area is 54.1 Å². The monoisotopic (exact) mass is 126 g/mol. The van der Waals surface area contributed by atoms with Gasteiger partial charge in [-0.3, -0.25) is 4.79 Å². The summed E-state index contributed by atoms with van der Waals surface area (Å²) in [6, 6.07) is 0. The zero-order chi connectivity index (χ0) is 7.28. The van der Waals surface area contributed by atoms with Crippen LogP contribution in [0.15, 0.2) is 11.8 Å². The van der Waals surface area contributed by atoms with E-state index in [9.17, 15) is 4.79 Å². The van der Waals surface area contributed by atoms with Gasteiger partial charge in [-0.05, 0) is 13.0 Å². The van der Waals surface area contributed by atoms with E-state index in [4.69, 9.17) is 11.1 Å². The number of allylic oxidation sites excluding steroid dienone is 2. The lowest BCUT2D eigenvalue weighted by molar-refractivity contribution is -0.116. The van der Waals surface area contributed by atoms with Crippen LogP contribution in [0.25, 0.3) is 0 Å². The maximum absolute atomic E-state index is 10.3. The number of hydrogen-bond donors (Lipinski definition) is 2. The second-order valence-corrected chi connectivity index (χ2v) is 1.79. The fourth-order valence-electron chi connectivity index (χ4n) is 0.453. The highest BCUT2D eigenvalue weighted by Gasteiger charge is 1.92. The molecule has 0 aliphatic rings. The van der Waals surface area contributed by atoms with Crippen LogP contribution >= 0.6 is 0 Å². The molecule has 0 aromatic carbocycles. The van der Waals surface area contributed by atoms with Crippen molar-refractivity contribution < 1.29 is 4.79 Å². The van der Waals surface area contributed by atoms with Crippen LogP contribution in [0.5, 0.6) is 0 Å². The summed E-state index contributed by atoms with van der Waals surface area (Å²) in [5, 5.41) is 6.58. The number of nitrogens with two attached hydrogens (primary N) is 1. The number of Topliss-reactive ketones (excluding diaryl/α,β-unsaturated/α-hetero) is 1. The standard InChI is InChI=1S/C6H10N2O/c1-5(9)4-6(8)2-3-7/h2-3,7H,4,8H2,1H3/b6-2-,7-3?. The summed E-state index contributed by atoms with van der Waals surface area (Å²) in [4.78, 5) is 10.3. The first kappa shape index (κ1) is 7.88. The van der Waals surface area contributed by atoms with Gasteiger partial charge in [-0.25, -0.2) is 0 Å². The van der Waals surface area contributed by atoms with E-state index in [-0.39, 0.29) is 12.2 Å². The van der Waals surface area contributed by atoms with Gasteiger partial charge in [-0.1, -0.05) is 0 Å². The van der Waals surface area contributed by atoms with Crippen LogP contribution in [0.4, 0.5) is 0 Å². The molecule has 0 radical (unpaired) electrons. The number of hydrogen-bond acceptors (Lipinski definition) is 3. The lowest BCUT2D eigenvalue weighted by Crippen LogP contribution is -2.02. The van der Waals surface area contributed by atoms with Crippen molar-refractivity contribution in [2.24, 2.45) is 5.73 Å². The Morgan fingerprint density at radius 2 is 2.33 bits per heavy atom. The second kappa shape index (κ2) is 3.83. The average Bonchev–Trinajstić information content (AvgIpc) is 1.63. The molecule has 0 aliphatic carbocycles. The van der Waals surface area contributed by atoms with Crippen molar-refractivity contribution in [2.45, 2.75) is 13.3 Å². The van der Waals surface area contributed by atoms with E-state index >= 15 is 0 Å². The molecular formula is C6H10N2O. The molecule has 0 rings (SSSR count). The van der Waals surface area contributed by atoms with Gasteiger partial charge in [0.2, 0.25) is 0 Å². The topological polar surface area (TPSA) is 66.9 Å². The molecule has 3 N–H and O–H groups in total. The van der Waals surface area contributed by atoms with Crippen LogP contribution in [0, 0.1) is 5.41 Å². The molecule has 0 amide bonds. The van der Waals surface area contributed by atoms with Crippen molar-refractivity contribution in [3.8, 4) is 0 Å². The molecule has 50 valence electrons. The van der Waals surface area contributed by atoms with E-state index < -0.39 is 0 Å². The average molecular weight is 126 g/mol. The fourth-order valence-corrected chi connectivity index (χ4v) is 0.453. The summed E-state index contributed by atoms with van der Waals surface area (Å²) < 4.78 is 0. The summed E-state index contributed by atoms with van der Waals surface area (Å²) >= 11 is 0. The van der Waals surface area contributed by atoms with Crippen LogP contribution in [0.2, 0.25) is 0 Å². The fraction of sp³-hybridized carbons (Fsp3) is 0.333. The number of carbonyl (C=O) groups excluding carboxylic acids is 1. The van der Waals surface area contributed by atoms with Gasteiger partial charge in [0.1, 0.15) is 5.78 Å². The van der Waals surface area contributed by atoms with E-state index in [0.717, 1.165) is 6.21 Å². The largest absolute Gasteiger partial charge is 0.402 e. The lowest BCUT2D eigenvalue weighted by Gasteiger charge is -1.91. The van der Waals surface area contributed by atoms with Crippen molar-refractivity contribution in [2.75, 3.05) is 0 Å². The van der Waals surface area contributed by atoms with Gasteiger partial charge in [-0.15, -0.1) is 0 Å². The Morgan fingerprint density at radius 3 is 2.67 bits per heavy atom. The Balaban J connectivity index is 3.75. The number of nitrogens with one attached hydrogen (secondary N) is 1. The van der Waals surface area contributed by atoms with Crippen molar-refractivity contribution in [3.63, 3.8) is 0 Å². The molecule has 3 nitrogen and oxygen atoms in total. The van der Waals surface area contributed by atoms with Crippen LogP contribution in [0.3, 0.4) is 0 Å². The first-order valence-electron chi connectivity index (χ1n) is 2.61. The first-order chi connectivity index (χ1) is 4.16. The third kappa shape index (κ3) is 4.74. The van der Waals surface area contributed by atoms with Crippen LogP contribution < -0.4 is 5.73 Å². The van der Waals surface area contributed by atoms with Gasteiger partial charge in [0.15, 0.2) is 0 Å². The quantitative estimate of drug-likeness (QED) is 0.539. The molecule has 0 atom stereocenters. The molecular weight excluding hydrogens is 116 g/mol. The van der Waals surface area contributed by atoms with Gasteiger partial charge in [0, 0.05) is 18.3 Å². The molecule has 9 heavy (non-hydrogen) atoms. The van der Waals surface area contributed by atoms with Crippen LogP contribution in [-0.2, 0) is 4.79 Å². The SMILES string of the molecule is CC(=O)C/C(N)=C/C=N. The Bertz CT molecular complexity index is 149. The van der Waals surface area contributed by atoms with Crippen molar-refractivity contribution >= 4 is 12.0 Å². The molecule has 0 heterocycles. The lowest BCUT2D eigenvalue weighted by atomic mass is 10.2. The Morgan fingerprint density at radius 1 is 1.78 bits per heavy atom. The minimum Gasteiger partial charge on any atom is -0.402 e. The highest BCUT2D eigenvalue weighted by atomic mass is 16.1. The number of rotatable bonds is 3. The third-order valence-corrected chi connectivity index (χ3v) is 0.750. The zero-order valence-electron chi connectivity index (χ0n) is 5.35. The smallest absolute Gasteiger partial charge is 0.135 e. The highest BCUT2D eigenvalue weighted by Crippen LogP contribution is 1.90. The molecule has 0 aromatic rings. The minimum atomic E-state index is 0.0191. The molecule has 0 aromatic heterocycles. The van der Waals surface area contributed by atoms with E-state index in [2.05, 4.69) is 0 Å². The van der Waals surface area contributed by atoms with Crippen molar-refractivity contribution in [1.29, 1.82) is 5.41 Å². The summed E-state index contributed by atoms with van der Waals surface area (Å²) in [5.41, 5.74) is 5.72. The van der Waals surface area contributed by atoms with E-state index in [0.29, 0.717) is 5.70 Å². The molecule has 0 spiro atoms. The van der Waals surface area contributed by atoms with Crippen LogP contribution in [0.1, 0.15) is 13.3 Å². The van der Waals surface area contributed by atoms with Gasteiger partial charge >= 0.3 is 0 Å². The molecule has 3 heteroatoms. The normalized spacial score (nSPS) is 11.0. The summed E-state index contributed by atoms with van der Waals surface area (Å²) in [7, 11) is 0. The Hall–Kier alpha value is -1.12. The maximum Gasteiger partial charge on any atom is 0.135 e. The van der Waals surface area contributed by atoms with Crippen LogP contribution in [-0.4, -0.2) is 12.0 Å². The van der Waals surface area contributed by atoms with Crippen molar-refractivity contribution in [3.05, 3.63) is 11.8 Å². The van der Waals surface area contributed by atoms with Gasteiger partial charge in [-0.2, -0.15) is 0 Å². The molecule has 0 unspecified atom stereocenters. The van der Waals surface area contributed by atoms with E-state index in [1.807, 2.05) is 0 Å². The molecule has 0 bridgehead atoms. The predicted octanol–water partition coefficient (Wildman–Crippen LogP) is 0.458. The van der Waals surface area contributed by atoms with Crippen molar-refractivity contribution in [1.82, 2.24) is 0 Å². The second-order valence-electron chi connectivity index (χ2n) is 1.79. The summed E-state index contributed by atoms with van der Waals surface area (Å²) in [5.74, 6) is 0.0191. The highest BCUT2D eigenvalue weighted by molar-refractivity contribution is 5.79. The molecule has 0 saturated carbocycles. The van der Waals surface area contributed by atoms with E-state index in [1.165, 1.54) is 13.0 Å². The van der Waals surface area contributed by atoms with Gasteiger partial charge in [0.05, 0.1) is 0 Å². The van der Waals surface area contributed by atoms with Gasteiger partial charge < -0.3 is 11.1 Å². The molecule has 0 fully saturated rings. The third-order valence-electron chi connectivity index (χ3n) is 0.750. The first-order valence-corrected chi connectivity index (χ1v) is 2.61. The van der Waals surface area contributed by atoms with Gasteiger partial charge in [0.25, 0.3) is 0 Å². The number of carbonyl (C=O) groups is 1. The minimum absolute atomic E-state index is 0.0191. The predicted molar refractivity (Wildman–Crippen MR) is 36.4 cm³/mol. The van der Waals surface area contributed by atoms with E-state index in [1.54, 1.807) is 0 Å². The molecule has 0 aliphatic heterocycles. The summed E-state index contributed by atoms with van der Waals surface area (Å²) in [6.07, 6.45) is 2.72.